The number of ether oxygens (including phenoxy) is 1. The first-order valence-corrected chi connectivity index (χ1v) is 8.57. The fourth-order valence-electron chi connectivity index (χ4n) is 2.14. The lowest BCUT2D eigenvalue weighted by atomic mass is 10.2. The average Bonchev–Trinajstić information content (AvgIpc) is 3.12. The van der Waals surface area contributed by atoms with Crippen LogP contribution in [0.4, 0.5) is 5.69 Å². The normalized spacial score (nSPS) is 11.8. The highest BCUT2D eigenvalue weighted by Gasteiger charge is 2.21. The average molecular weight is 465 g/mol. The van der Waals surface area contributed by atoms with E-state index in [0.29, 0.717) is 11.1 Å². The van der Waals surface area contributed by atoms with Crippen molar-refractivity contribution in [2.45, 2.75) is 13.0 Å². The van der Waals surface area contributed by atoms with E-state index in [4.69, 9.17) is 9.15 Å². The summed E-state index contributed by atoms with van der Waals surface area (Å²) in [4.78, 5) is 22.4. The van der Waals surface area contributed by atoms with Crippen LogP contribution >= 0.6 is 22.6 Å². The molecule has 0 aliphatic heterocycles. The number of nitro benzene ring substituents is 1. The van der Waals surface area contributed by atoms with Gasteiger partial charge >= 0.3 is 5.97 Å². The van der Waals surface area contributed by atoms with Crippen molar-refractivity contribution in [3.63, 3.8) is 0 Å². The fourth-order valence-corrected chi connectivity index (χ4v) is 2.75. The van der Waals surface area contributed by atoms with Gasteiger partial charge in [-0.05, 0) is 53.8 Å². The molecule has 0 spiro atoms. The molecule has 0 saturated heterocycles. The molecule has 0 unspecified atom stereocenters. The van der Waals surface area contributed by atoms with Crippen molar-refractivity contribution in [2.24, 2.45) is 0 Å². The number of non-ortho nitro benzene ring substituents is 1. The Balaban J connectivity index is 1.73. The molecule has 0 saturated carbocycles. The zero-order valence-corrected chi connectivity index (χ0v) is 15.6. The van der Waals surface area contributed by atoms with Gasteiger partial charge in [0.1, 0.15) is 0 Å². The lowest BCUT2D eigenvalue weighted by Gasteiger charge is -2.10. The second-order valence-electron chi connectivity index (χ2n) is 5.28. The topological polar surface area (TPSA) is 108 Å². The predicted molar refractivity (Wildman–Crippen MR) is 99.4 cm³/mol. The van der Waals surface area contributed by atoms with Crippen molar-refractivity contribution in [1.29, 1.82) is 0 Å². The van der Waals surface area contributed by atoms with Crippen molar-refractivity contribution in [3.8, 4) is 11.5 Å². The molecule has 132 valence electrons. The minimum atomic E-state index is -0.738. The third kappa shape index (κ3) is 3.87. The molecule has 1 heterocycles. The highest BCUT2D eigenvalue weighted by atomic mass is 127. The third-order valence-corrected chi connectivity index (χ3v) is 4.43. The van der Waals surface area contributed by atoms with Gasteiger partial charge in [0.2, 0.25) is 5.89 Å². The number of rotatable bonds is 5. The number of carbonyl (C=O) groups excluding carboxylic acids is 1. The molecule has 1 atom stereocenters. The number of nitrogens with zero attached hydrogens (tertiary/aromatic N) is 3. The number of hydrogen-bond donors (Lipinski definition) is 0. The Hall–Kier alpha value is -2.82. The number of benzene rings is 2. The third-order valence-electron chi connectivity index (χ3n) is 3.49. The Morgan fingerprint density at radius 1 is 1.19 bits per heavy atom. The molecular weight excluding hydrogens is 453 g/mol. The molecule has 0 amide bonds. The van der Waals surface area contributed by atoms with Gasteiger partial charge in [-0.2, -0.15) is 0 Å². The summed E-state index contributed by atoms with van der Waals surface area (Å²) in [5.41, 5.74) is 0.953. The van der Waals surface area contributed by atoms with Gasteiger partial charge in [-0.25, -0.2) is 4.79 Å². The van der Waals surface area contributed by atoms with Crippen LogP contribution in [0, 0.1) is 13.7 Å². The van der Waals surface area contributed by atoms with E-state index >= 15 is 0 Å². The Labute approximate surface area is 161 Å². The van der Waals surface area contributed by atoms with Gasteiger partial charge in [-0.3, -0.25) is 10.1 Å². The molecule has 9 heteroatoms. The Morgan fingerprint density at radius 2 is 1.88 bits per heavy atom. The molecule has 26 heavy (non-hydrogen) atoms. The molecule has 0 aliphatic carbocycles. The van der Waals surface area contributed by atoms with E-state index in [1.54, 1.807) is 25.1 Å². The summed E-state index contributed by atoms with van der Waals surface area (Å²) >= 11 is 2.06. The first kappa shape index (κ1) is 18.0. The van der Waals surface area contributed by atoms with Gasteiger partial charge in [0, 0.05) is 21.3 Å². The second kappa shape index (κ2) is 7.60. The maximum absolute atomic E-state index is 12.2. The molecule has 0 bridgehead atoms. The molecule has 0 fully saturated rings. The second-order valence-corrected chi connectivity index (χ2v) is 6.44. The molecule has 3 rings (SSSR count). The molecule has 8 nitrogen and oxygen atoms in total. The van der Waals surface area contributed by atoms with Gasteiger partial charge in [0.25, 0.3) is 11.6 Å². The monoisotopic (exact) mass is 465 g/mol. The van der Waals surface area contributed by atoms with Crippen LogP contribution in [-0.2, 0) is 4.74 Å². The van der Waals surface area contributed by atoms with E-state index < -0.39 is 17.0 Å². The van der Waals surface area contributed by atoms with Crippen molar-refractivity contribution in [1.82, 2.24) is 10.2 Å². The van der Waals surface area contributed by atoms with Crippen LogP contribution in [0.2, 0.25) is 0 Å². The smallest absolute Gasteiger partial charge is 0.339 e. The molecule has 3 aromatic rings. The van der Waals surface area contributed by atoms with Gasteiger partial charge in [-0.1, -0.05) is 12.1 Å². The van der Waals surface area contributed by atoms with E-state index in [2.05, 4.69) is 32.8 Å². The molecular formula is C17H12IN3O5. The van der Waals surface area contributed by atoms with Gasteiger partial charge in [0.15, 0.2) is 6.10 Å². The fraction of sp³-hybridized carbons (Fsp3) is 0.118. The number of carbonyl (C=O) groups is 1. The zero-order chi connectivity index (χ0) is 18.7. The SMILES string of the molecule is C[C@H](OC(=O)c1ccccc1I)c1nnc(-c2ccc([N+](=O)[O-])cc2)o1. The van der Waals surface area contributed by atoms with Crippen molar-refractivity contribution < 1.29 is 18.9 Å². The first-order chi connectivity index (χ1) is 12.5. The van der Waals surface area contributed by atoms with E-state index in [1.807, 2.05) is 6.07 Å². The quantitative estimate of drug-likeness (QED) is 0.241. The summed E-state index contributed by atoms with van der Waals surface area (Å²) in [6.45, 7) is 1.63. The van der Waals surface area contributed by atoms with Crippen LogP contribution < -0.4 is 0 Å². The number of nitro groups is 1. The molecule has 1 aromatic heterocycles. The van der Waals surface area contributed by atoms with Crippen molar-refractivity contribution in [3.05, 3.63) is 73.7 Å². The summed E-state index contributed by atoms with van der Waals surface area (Å²) in [7, 11) is 0. The Bertz CT molecular complexity index is 955. The van der Waals surface area contributed by atoms with Gasteiger partial charge < -0.3 is 9.15 Å². The van der Waals surface area contributed by atoms with Crippen LogP contribution in [0.25, 0.3) is 11.5 Å². The van der Waals surface area contributed by atoms with E-state index in [1.165, 1.54) is 24.3 Å². The summed E-state index contributed by atoms with van der Waals surface area (Å²) < 4.78 is 11.7. The number of aromatic nitrogens is 2. The minimum Gasteiger partial charge on any atom is -0.449 e. The minimum absolute atomic E-state index is 0.0340. The first-order valence-electron chi connectivity index (χ1n) is 7.49. The van der Waals surface area contributed by atoms with Gasteiger partial charge in [-0.15, -0.1) is 10.2 Å². The Kier molecular flexibility index (Phi) is 5.26. The maximum Gasteiger partial charge on any atom is 0.339 e. The van der Waals surface area contributed by atoms with Crippen LogP contribution in [0.1, 0.15) is 29.3 Å². The maximum atomic E-state index is 12.2. The highest BCUT2D eigenvalue weighted by molar-refractivity contribution is 14.1. The predicted octanol–water partition coefficient (Wildman–Crippen LogP) is 4.17. The van der Waals surface area contributed by atoms with E-state index in [-0.39, 0.29) is 17.5 Å². The summed E-state index contributed by atoms with van der Waals surface area (Å²) in [5.74, 6) is -0.165. The van der Waals surface area contributed by atoms with Crippen molar-refractivity contribution in [2.75, 3.05) is 0 Å². The Morgan fingerprint density at radius 3 is 2.54 bits per heavy atom. The number of hydrogen-bond acceptors (Lipinski definition) is 7. The van der Waals surface area contributed by atoms with Gasteiger partial charge in [0.05, 0.1) is 10.5 Å². The zero-order valence-electron chi connectivity index (χ0n) is 13.5. The summed E-state index contributed by atoms with van der Waals surface area (Å²) in [6.07, 6.45) is -0.738. The lowest BCUT2D eigenvalue weighted by Crippen LogP contribution is -2.10. The number of halogens is 1. The van der Waals surface area contributed by atoms with Crippen LogP contribution in [0.15, 0.2) is 52.9 Å². The standard InChI is InChI=1S/C17H12IN3O5/c1-10(25-17(22)13-4-2-3-5-14(13)18)15-19-20-16(26-15)11-6-8-12(9-7-11)21(23)24/h2-10H,1H3/t10-/m0/s1. The van der Waals surface area contributed by atoms with Crippen molar-refractivity contribution >= 4 is 34.2 Å². The molecule has 0 N–H and O–H groups in total. The highest BCUT2D eigenvalue weighted by Crippen LogP contribution is 2.25. The van der Waals surface area contributed by atoms with E-state index in [0.717, 1.165) is 3.57 Å². The molecule has 2 aromatic carbocycles. The molecule has 0 aliphatic rings. The molecule has 0 radical (unpaired) electrons. The van der Waals surface area contributed by atoms with Crippen LogP contribution in [-0.4, -0.2) is 21.1 Å². The largest absolute Gasteiger partial charge is 0.449 e. The van der Waals surface area contributed by atoms with E-state index in [9.17, 15) is 14.9 Å². The lowest BCUT2D eigenvalue weighted by molar-refractivity contribution is -0.384. The van der Waals surface area contributed by atoms with Crippen LogP contribution in [0.5, 0.6) is 0 Å². The summed E-state index contributed by atoms with van der Waals surface area (Å²) in [6, 6.07) is 12.8. The number of esters is 1. The van der Waals surface area contributed by atoms with Crippen LogP contribution in [0.3, 0.4) is 0 Å². The summed E-state index contributed by atoms with van der Waals surface area (Å²) in [5, 5.41) is 18.5.